The van der Waals surface area contributed by atoms with Gasteiger partial charge >= 0.3 is 0 Å². The molecule has 1 heterocycles. The number of aromatic nitrogens is 2. The minimum atomic E-state index is 0.631. The Morgan fingerprint density at radius 2 is 1.86 bits per heavy atom. The molecule has 0 bridgehead atoms. The summed E-state index contributed by atoms with van der Waals surface area (Å²) in [5.41, 5.74) is 3.28. The molecule has 21 heavy (non-hydrogen) atoms. The summed E-state index contributed by atoms with van der Waals surface area (Å²) < 4.78 is 6.06. The molecule has 0 radical (unpaired) electrons. The van der Waals surface area contributed by atoms with E-state index in [0.717, 1.165) is 41.4 Å². The second kappa shape index (κ2) is 6.57. The fourth-order valence-electron chi connectivity index (χ4n) is 2.16. The lowest BCUT2D eigenvalue weighted by Gasteiger charge is -2.14. The summed E-state index contributed by atoms with van der Waals surface area (Å²) in [4.78, 5) is 9.08. The van der Waals surface area contributed by atoms with Crippen LogP contribution in [0.5, 0.6) is 11.6 Å². The monoisotopic (exact) mass is 285 g/mol. The second-order valence-corrected chi connectivity index (χ2v) is 5.22. The first-order valence-corrected chi connectivity index (χ1v) is 7.36. The van der Waals surface area contributed by atoms with Gasteiger partial charge in [-0.05, 0) is 44.4 Å². The highest BCUT2D eigenvalue weighted by Gasteiger charge is 2.13. The summed E-state index contributed by atoms with van der Waals surface area (Å²) in [5.74, 6) is 3.12. The average Bonchev–Trinajstić information content (AvgIpc) is 2.47. The van der Waals surface area contributed by atoms with Crippen molar-refractivity contribution in [2.24, 2.45) is 0 Å². The average molecular weight is 285 g/mol. The Balaban J connectivity index is 2.42. The molecule has 0 unspecified atom stereocenters. The van der Waals surface area contributed by atoms with E-state index in [1.54, 1.807) is 0 Å². The summed E-state index contributed by atoms with van der Waals surface area (Å²) >= 11 is 0. The van der Waals surface area contributed by atoms with E-state index in [9.17, 15) is 0 Å². The van der Waals surface area contributed by atoms with Crippen LogP contribution < -0.4 is 10.1 Å². The number of aryl methyl sites for hydroxylation is 2. The first kappa shape index (κ1) is 15.3. The molecule has 1 N–H and O–H groups in total. The molecule has 2 rings (SSSR count). The van der Waals surface area contributed by atoms with Crippen molar-refractivity contribution in [1.82, 2.24) is 9.97 Å². The molecule has 1 aromatic heterocycles. The first-order valence-electron chi connectivity index (χ1n) is 7.36. The van der Waals surface area contributed by atoms with Gasteiger partial charge in [-0.3, -0.25) is 0 Å². The van der Waals surface area contributed by atoms with Crippen molar-refractivity contribution >= 4 is 5.82 Å². The fraction of sp³-hybridized carbons (Fsp3) is 0.412. The van der Waals surface area contributed by atoms with E-state index in [-0.39, 0.29) is 0 Å². The van der Waals surface area contributed by atoms with Crippen LogP contribution in [-0.4, -0.2) is 17.0 Å². The molecule has 0 atom stereocenters. The normalized spacial score (nSPS) is 10.5. The Kier molecular flexibility index (Phi) is 4.78. The van der Waals surface area contributed by atoms with Gasteiger partial charge in [-0.15, -0.1) is 0 Å². The van der Waals surface area contributed by atoms with Crippen molar-refractivity contribution in [2.75, 3.05) is 12.4 Å². The predicted octanol–water partition coefficient (Wildman–Crippen LogP) is 4.19. The summed E-state index contributed by atoms with van der Waals surface area (Å²) in [7, 11) is 1.87. The molecule has 0 saturated heterocycles. The Labute approximate surface area is 126 Å². The summed E-state index contributed by atoms with van der Waals surface area (Å²) in [6.45, 7) is 8.24. The van der Waals surface area contributed by atoms with Gasteiger partial charge in [0.15, 0.2) is 0 Å². The molecule has 0 aliphatic heterocycles. The topological polar surface area (TPSA) is 47.0 Å². The van der Waals surface area contributed by atoms with Crippen molar-refractivity contribution in [3.63, 3.8) is 0 Å². The van der Waals surface area contributed by atoms with Crippen LogP contribution in [0.15, 0.2) is 18.2 Å². The molecule has 4 nitrogen and oxygen atoms in total. The van der Waals surface area contributed by atoms with Gasteiger partial charge in [-0.25, -0.2) is 4.98 Å². The third-order valence-corrected chi connectivity index (χ3v) is 3.62. The van der Waals surface area contributed by atoms with E-state index in [0.29, 0.717) is 5.88 Å². The predicted molar refractivity (Wildman–Crippen MR) is 86.3 cm³/mol. The molecule has 0 fully saturated rings. The van der Waals surface area contributed by atoms with Gasteiger partial charge in [-0.1, -0.05) is 19.1 Å². The zero-order valence-corrected chi connectivity index (χ0v) is 13.4. The van der Waals surface area contributed by atoms with Crippen LogP contribution in [-0.2, 0) is 6.42 Å². The first-order chi connectivity index (χ1) is 10.1. The van der Waals surface area contributed by atoms with Gasteiger partial charge in [0, 0.05) is 13.5 Å². The molecule has 2 aromatic rings. The maximum Gasteiger partial charge on any atom is 0.227 e. The highest BCUT2D eigenvalue weighted by molar-refractivity contribution is 5.50. The Hall–Kier alpha value is -2.10. The van der Waals surface area contributed by atoms with Crippen molar-refractivity contribution < 1.29 is 4.74 Å². The number of hydrogen-bond donors (Lipinski definition) is 1. The van der Waals surface area contributed by atoms with Crippen LogP contribution in [0.25, 0.3) is 0 Å². The summed E-state index contributed by atoms with van der Waals surface area (Å²) in [6, 6.07) is 6.05. The van der Waals surface area contributed by atoms with E-state index in [2.05, 4.69) is 42.1 Å². The van der Waals surface area contributed by atoms with Crippen LogP contribution in [0.4, 0.5) is 5.82 Å². The maximum absolute atomic E-state index is 6.06. The third kappa shape index (κ3) is 3.32. The molecule has 1 aromatic carbocycles. The minimum Gasteiger partial charge on any atom is -0.438 e. The lowest BCUT2D eigenvalue weighted by atomic mass is 10.1. The molecule has 0 aliphatic carbocycles. The van der Waals surface area contributed by atoms with Crippen LogP contribution in [0.2, 0.25) is 0 Å². The SMILES string of the molecule is CCCc1nc(NC)c(C)c(Oc2cccc(C)c2C)n1. The number of anilines is 1. The molecular weight excluding hydrogens is 262 g/mol. The quantitative estimate of drug-likeness (QED) is 0.895. The molecule has 0 saturated carbocycles. The number of nitrogens with one attached hydrogen (secondary N) is 1. The summed E-state index contributed by atoms with van der Waals surface area (Å²) in [5, 5.41) is 3.12. The van der Waals surface area contributed by atoms with E-state index in [1.807, 2.05) is 26.1 Å². The van der Waals surface area contributed by atoms with Crippen molar-refractivity contribution in [1.29, 1.82) is 0 Å². The Morgan fingerprint density at radius 3 is 2.52 bits per heavy atom. The fourth-order valence-corrected chi connectivity index (χ4v) is 2.16. The van der Waals surface area contributed by atoms with Crippen molar-refractivity contribution in [3.8, 4) is 11.6 Å². The van der Waals surface area contributed by atoms with Crippen molar-refractivity contribution in [2.45, 2.75) is 40.5 Å². The van der Waals surface area contributed by atoms with E-state index < -0.39 is 0 Å². The van der Waals surface area contributed by atoms with Gasteiger partial charge < -0.3 is 10.1 Å². The molecule has 0 aliphatic rings. The molecule has 4 heteroatoms. The van der Waals surface area contributed by atoms with Gasteiger partial charge in [-0.2, -0.15) is 4.98 Å². The minimum absolute atomic E-state index is 0.631. The molecule has 0 amide bonds. The van der Waals surface area contributed by atoms with Crippen LogP contribution >= 0.6 is 0 Å². The zero-order chi connectivity index (χ0) is 15.4. The van der Waals surface area contributed by atoms with Gasteiger partial charge in [0.2, 0.25) is 5.88 Å². The van der Waals surface area contributed by atoms with Crippen molar-refractivity contribution in [3.05, 3.63) is 40.7 Å². The molecular formula is C17H23N3O. The van der Waals surface area contributed by atoms with Crippen LogP contribution in [0.3, 0.4) is 0 Å². The van der Waals surface area contributed by atoms with Gasteiger partial charge in [0.1, 0.15) is 17.4 Å². The Bertz CT molecular complexity index is 638. The standard InChI is InChI=1S/C17H23N3O/c1-6-8-15-19-16(18-5)13(4)17(20-15)21-14-10-7-9-11(2)12(14)3/h7,9-10H,6,8H2,1-5H3,(H,18,19,20). The number of ether oxygens (including phenoxy) is 1. The maximum atomic E-state index is 6.06. The largest absolute Gasteiger partial charge is 0.438 e. The smallest absolute Gasteiger partial charge is 0.227 e. The number of benzene rings is 1. The highest BCUT2D eigenvalue weighted by atomic mass is 16.5. The van der Waals surface area contributed by atoms with Gasteiger partial charge in [0.05, 0.1) is 5.56 Å². The van der Waals surface area contributed by atoms with Gasteiger partial charge in [0.25, 0.3) is 0 Å². The van der Waals surface area contributed by atoms with Crippen LogP contribution in [0.1, 0.15) is 35.9 Å². The molecule has 112 valence electrons. The lowest BCUT2D eigenvalue weighted by Crippen LogP contribution is -2.05. The highest BCUT2D eigenvalue weighted by Crippen LogP contribution is 2.30. The number of rotatable bonds is 5. The second-order valence-electron chi connectivity index (χ2n) is 5.22. The molecule has 0 spiro atoms. The number of hydrogen-bond acceptors (Lipinski definition) is 4. The summed E-state index contributed by atoms with van der Waals surface area (Å²) in [6.07, 6.45) is 1.85. The van der Waals surface area contributed by atoms with E-state index in [1.165, 1.54) is 5.56 Å². The van der Waals surface area contributed by atoms with Crippen LogP contribution in [0, 0.1) is 20.8 Å². The lowest BCUT2D eigenvalue weighted by molar-refractivity contribution is 0.451. The number of nitrogens with zero attached hydrogens (tertiary/aromatic N) is 2. The third-order valence-electron chi connectivity index (χ3n) is 3.62. The van der Waals surface area contributed by atoms with E-state index in [4.69, 9.17) is 4.74 Å². The zero-order valence-electron chi connectivity index (χ0n) is 13.4. The van der Waals surface area contributed by atoms with E-state index >= 15 is 0 Å². The Morgan fingerprint density at radius 1 is 1.10 bits per heavy atom.